The summed E-state index contributed by atoms with van der Waals surface area (Å²) in [6.07, 6.45) is 2.79. The number of hydrogen-bond donors (Lipinski definition) is 0. The Bertz CT molecular complexity index is 219. The second kappa shape index (κ2) is 2.98. The average Bonchev–Trinajstić information content (AvgIpc) is 2.03. The second-order valence-corrected chi connectivity index (χ2v) is 4.37. The maximum absolute atomic E-state index is 11.4. The highest BCUT2D eigenvalue weighted by Gasteiger charge is 2.52. The maximum Gasteiger partial charge on any atom is 0.225 e. The van der Waals surface area contributed by atoms with Crippen LogP contribution in [0.25, 0.3) is 0 Å². The molecule has 13 heavy (non-hydrogen) atoms. The minimum atomic E-state index is 0.170. The Kier molecular flexibility index (Phi) is 2.06. The molecule has 0 radical (unpaired) electrons. The van der Waals surface area contributed by atoms with E-state index >= 15 is 0 Å². The highest BCUT2D eigenvalue weighted by Crippen LogP contribution is 2.41. The van der Waals surface area contributed by atoms with Gasteiger partial charge in [0.05, 0.1) is 12.0 Å². The van der Waals surface area contributed by atoms with Gasteiger partial charge >= 0.3 is 0 Å². The molecule has 2 aliphatic rings. The molecule has 0 aliphatic carbocycles. The van der Waals surface area contributed by atoms with E-state index in [0.717, 1.165) is 32.5 Å². The van der Waals surface area contributed by atoms with Crippen molar-refractivity contribution in [2.24, 2.45) is 0 Å². The predicted molar refractivity (Wildman–Crippen MR) is 49.4 cm³/mol. The largest absolute Gasteiger partial charge is 0.381 e. The predicted octanol–water partition coefficient (Wildman–Crippen LogP) is 1.18. The van der Waals surface area contributed by atoms with Gasteiger partial charge < -0.3 is 9.64 Å². The van der Waals surface area contributed by atoms with Gasteiger partial charge in [-0.05, 0) is 26.7 Å². The Morgan fingerprint density at radius 1 is 1.38 bits per heavy atom. The van der Waals surface area contributed by atoms with Crippen LogP contribution in [0.4, 0.5) is 0 Å². The summed E-state index contributed by atoms with van der Waals surface area (Å²) in [6.45, 7) is 5.82. The van der Waals surface area contributed by atoms with E-state index in [4.69, 9.17) is 4.74 Å². The van der Waals surface area contributed by atoms with Crippen LogP contribution in [0.3, 0.4) is 0 Å². The fourth-order valence-corrected chi connectivity index (χ4v) is 2.63. The Balaban J connectivity index is 2.10. The molecule has 3 nitrogen and oxygen atoms in total. The molecule has 0 unspecified atom stereocenters. The van der Waals surface area contributed by atoms with Crippen molar-refractivity contribution in [3.63, 3.8) is 0 Å². The lowest BCUT2D eigenvalue weighted by atomic mass is 9.76. The minimum absolute atomic E-state index is 0.170. The van der Waals surface area contributed by atoms with Crippen LogP contribution in [0.2, 0.25) is 0 Å². The SMILES string of the molecule is CC(C)N1C(=O)CC12CCOCC2. The molecule has 0 N–H and O–H groups in total. The molecule has 0 aromatic rings. The van der Waals surface area contributed by atoms with E-state index in [0.29, 0.717) is 11.9 Å². The Labute approximate surface area is 79.0 Å². The summed E-state index contributed by atoms with van der Waals surface area (Å²) in [6, 6.07) is 0.347. The molecule has 2 rings (SSSR count). The van der Waals surface area contributed by atoms with Crippen molar-refractivity contribution in [1.82, 2.24) is 4.90 Å². The Hall–Kier alpha value is -0.570. The number of nitrogens with zero attached hydrogens (tertiary/aromatic N) is 1. The first-order chi connectivity index (χ1) is 6.16. The molecule has 1 amide bonds. The van der Waals surface area contributed by atoms with E-state index in [2.05, 4.69) is 18.7 Å². The summed E-state index contributed by atoms with van der Waals surface area (Å²) >= 11 is 0. The van der Waals surface area contributed by atoms with Crippen LogP contribution >= 0.6 is 0 Å². The van der Waals surface area contributed by atoms with Gasteiger partial charge in [-0.3, -0.25) is 4.79 Å². The van der Waals surface area contributed by atoms with Crippen molar-refractivity contribution in [2.45, 2.75) is 44.7 Å². The molecule has 0 saturated carbocycles. The van der Waals surface area contributed by atoms with Crippen molar-refractivity contribution in [2.75, 3.05) is 13.2 Å². The van der Waals surface area contributed by atoms with Gasteiger partial charge in [-0.1, -0.05) is 0 Å². The molecular formula is C10H17NO2. The highest BCUT2D eigenvalue weighted by molar-refractivity contribution is 5.85. The van der Waals surface area contributed by atoms with Crippen LogP contribution in [0, 0.1) is 0 Å². The molecule has 74 valence electrons. The van der Waals surface area contributed by atoms with E-state index in [1.54, 1.807) is 0 Å². The Morgan fingerprint density at radius 2 is 2.00 bits per heavy atom. The zero-order valence-corrected chi connectivity index (χ0v) is 8.38. The number of ether oxygens (including phenoxy) is 1. The maximum atomic E-state index is 11.4. The van der Waals surface area contributed by atoms with Gasteiger partial charge in [-0.15, -0.1) is 0 Å². The van der Waals surface area contributed by atoms with E-state index in [1.807, 2.05) is 0 Å². The Morgan fingerprint density at radius 3 is 2.46 bits per heavy atom. The number of β-lactam (4-membered cyclic amide) rings is 1. The summed E-state index contributed by atoms with van der Waals surface area (Å²) in [5.41, 5.74) is 0.170. The van der Waals surface area contributed by atoms with E-state index in [1.165, 1.54) is 0 Å². The fraction of sp³-hybridized carbons (Fsp3) is 0.900. The topological polar surface area (TPSA) is 29.5 Å². The van der Waals surface area contributed by atoms with Crippen molar-refractivity contribution in [1.29, 1.82) is 0 Å². The normalized spacial score (nSPS) is 26.7. The third kappa shape index (κ3) is 1.26. The van der Waals surface area contributed by atoms with Crippen LogP contribution in [-0.4, -0.2) is 35.6 Å². The van der Waals surface area contributed by atoms with Crippen LogP contribution < -0.4 is 0 Å². The molecule has 3 heteroatoms. The van der Waals surface area contributed by atoms with Crippen molar-refractivity contribution < 1.29 is 9.53 Å². The standard InChI is InChI=1S/C10H17NO2/c1-8(2)11-9(12)7-10(11)3-5-13-6-4-10/h8H,3-7H2,1-2H3. The number of amides is 1. The average molecular weight is 183 g/mol. The molecule has 0 aromatic heterocycles. The van der Waals surface area contributed by atoms with Gasteiger partial charge in [-0.2, -0.15) is 0 Å². The van der Waals surface area contributed by atoms with Crippen molar-refractivity contribution >= 4 is 5.91 Å². The van der Waals surface area contributed by atoms with Crippen LogP contribution in [0.5, 0.6) is 0 Å². The summed E-state index contributed by atoms with van der Waals surface area (Å²) in [4.78, 5) is 13.5. The number of likely N-dealkylation sites (tertiary alicyclic amines) is 1. The fourth-order valence-electron chi connectivity index (χ4n) is 2.63. The number of carbonyl (C=O) groups excluding carboxylic acids is 1. The number of rotatable bonds is 1. The summed E-state index contributed by atoms with van der Waals surface area (Å²) < 4.78 is 5.33. The molecule has 2 saturated heterocycles. The molecule has 0 aromatic carbocycles. The van der Waals surface area contributed by atoms with Crippen LogP contribution in [0.1, 0.15) is 33.1 Å². The lowest BCUT2D eigenvalue weighted by Crippen LogP contribution is -2.67. The zero-order chi connectivity index (χ0) is 9.47. The quantitative estimate of drug-likeness (QED) is 0.571. The van der Waals surface area contributed by atoms with Crippen molar-refractivity contribution in [3.05, 3.63) is 0 Å². The third-order valence-electron chi connectivity index (χ3n) is 3.20. The van der Waals surface area contributed by atoms with E-state index < -0.39 is 0 Å². The number of hydrogen-bond acceptors (Lipinski definition) is 2. The van der Waals surface area contributed by atoms with Crippen LogP contribution in [0.15, 0.2) is 0 Å². The lowest BCUT2D eigenvalue weighted by molar-refractivity contribution is -0.170. The molecule has 0 bridgehead atoms. The van der Waals surface area contributed by atoms with Crippen molar-refractivity contribution in [3.8, 4) is 0 Å². The van der Waals surface area contributed by atoms with Gasteiger partial charge in [0.1, 0.15) is 0 Å². The lowest BCUT2D eigenvalue weighted by Gasteiger charge is -2.56. The first kappa shape index (κ1) is 9.00. The monoisotopic (exact) mass is 183 g/mol. The van der Waals surface area contributed by atoms with Gasteiger partial charge in [0, 0.05) is 19.3 Å². The highest BCUT2D eigenvalue weighted by atomic mass is 16.5. The smallest absolute Gasteiger partial charge is 0.225 e. The first-order valence-electron chi connectivity index (χ1n) is 5.06. The summed E-state index contributed by atoms with van der Waals surface area (Å²) in [5.74, 6) is 0.317. The summed E-state index contributed by atoms with van der Waals surface area (Å²) in [5, 5.41) is 0. The molecular weight excluding hydrogens is 166 g/mol. The van der Waals surface area contributed by atoms with E-state index in [9.17, 15) is 4.79 Å². The third-order valence-corrected chi connectivity index (χ3v) is 3.20. The molecule has 0 atom stereocenters. The first-order valence-corrected chi connectivity index (χ1v) is 5.06. The van der Waals surface area contributed by atoms with Crippen LogP contribution in [-0.2, 0) is 9.53 Å². The number of carbonyl (C=O) groups is 1. The van der Waals surface area contributed by atoms with E-state index in [-0.39, 0.29) is 5.54 Å². The summed E-state index contributed by atoms with van der Waals surface area (Å²) in [7, 11) is 0. The molecule has 2 aliphatic heterocycles. The van der Waals surface area contributed by atoms with Gasteiger partial charge in [0.2, 0.25) is 5.91 Å². The molecule has 1 spiro atoms. The minimum Gasteiger partial charge on any atom is -0.381 e. The molecule has 2 heterocycles. The zero-order valence-electron chi connectivity index (χ0n) is 8.38. The van der Waals surface area contributed by atoms with Gasteiger partial charge in [0.15, 0.2) is 0 Å². The molecule has 2 fully saturated rings. The second-order valence-electron chi connectivity index (χ2n) is 4.37. The van der Waals surface area contributed by atoms with Gasteiger partial charge in [0.25, 0.3) is 0 Å². The van der Waals surface area contributed by atoms with Gasteiger partial charge in [-0.25, -0.2) is 0 Å².